The molecule has 1 fully saturated rings. The van der Waals surface area contributed by atoms with Crippen molar-refractivity contribution in [2.75, 3.05) is 31.6 Å². The van der Waals surface area contributed by atoms with Crippen molar-refractivity contribution in [2.24, 2.45) is 5.92 Å². The summed E-state index contributed by atoms with van der Waals surface area (Å²) in [5, 5.41) is 6.34. The van der Waals surface area contributed by atoms with Crippen LogP contribution in [0, 0.1) is 5.92 Å². The number of nitrogens with one attached hydrogen (secondary N) is 2. The van der Waals surface area contributed by atoms with Gasteiger partial charge in [0.05, 0.1) is 6.61 Å². The van der Waals surface area contributed by atoms with Gasteiger partial charge in [0.15, 0.2) is 0 Å². The van der Waals surface area contributed by atoms with Crippen molar-refractivity contribution in [3.05, 3.63) is 59.2 Å². The molecule has 2 aliphatic rings. The van der Waals surface area contributed by atoms with E-state index in [9.17, 15) is 9.59 Å². The smallest absolute Gasteiger partial charge is 0.252 e. The van der Waals surface area contributed by atoms with Crippen molar-refractivity contribution in [1.29, 1.82) is 0 Å². The van der Waals surface area contributed by atoms with Crippen molar-refractivity contribution in [2.45, 2.75) is 32.2 Å². The van der Waals surface area contributed by atoms with Gasteiger partial charge in [-0.15, -0.1) is 0 Å². The monoisotopic (exact) mass is 407 g/mol. The predicted octanol–water partition coefficient (Wildman–Crippen LogP) is 3.07. The summed E-state index contributed by atoms with van der Waals surface area (Å²) >= 11 is 0. The molecule has 2 aromatic carbocycles. The first-order valence-corrected chi connectivity index (χ1v) is 10.6. The third-order valence-corrected chi connectivity index (χ3v) is 6.30. The summed E-state index contributed by atoms with van der Waals surface area (Å²) in [5.74, 6) is 1.51. The molecular weight excluding hydrogens is 378 g/mol. The molecule has 2 N–H and O–H groups in total. The average Bonchev–Trinajstić information content (AvgIpc) is 2.97. The number of anilines is 1. The fourth-order valence-corrected chi connectivity index (χ4v) is 4.36. The molecule has 2 aromatic rings. The Bertz CT molecular complexity index is 926. The van der Waals surface area contributed by atoms with Crippen molar-refractivity contribution in [1.82, 2.24) is 10.6 Å². The van der Waals surface area contributed by atoms with E-state index in [1.807, 2.05) is 30.3 Å². The molecular formula is C24H29N3O3. The highest BCUT2D eigenvalue weighted by Gasteiger charge is 2.26. The van der Waals surface area contributed by atoms with E-state index in [0.717, 1.165) is 48.5 Å². The number of benzene rings is 2. The maximum Gasteiger partial charge on any atom is 0.252 e. The third kappa shape index (κ3) is 4.33. The standard InChI is InChI=1S/C24H29N3O3/c1-16(28)27(2)20-6-3-17(4-7-20)22-10-12-25-11-9-19(22)15-30-21-8-5-18-14-26-24(29)23(18)13-21/h3-8,13,19,22,25H,9-12,14-15H2,1-2H3,(H,26,29)/t19-,22-/m0/s1. The number of ether oxygens (including phenoxy) is 1. The zero-order chi connectivity index (χ0) is 21.1. The van der Waals surface area contributed by atoms with Gasteiger partial charge in [0.2, 0.25) is 5.91 Å². The van der Waals surface area contributed by atoms with Crippen molar-refractivity contribution >= 4 is 17.5 Å². The van der Waals surface area contributed by atoms with Crippen LogP contribution in [0.15, 0.2) is 42.5 Å². The number of nitrogens with zero attached hydrogens (tertiary/aromatic N) is 1. The van der Waals surface area contributed by atoms with Crippen LogP contribution in [0.5, 0.6) is 5.75 Å². The Hall–Kier alpha value is -2.86. The number of hydrogen-bond donors (Lipinski definition) is 2. The summed E-state index contributed by atoms with van der Waals surface area (Å²) in [4.78, 5) is 25.2. The minimum Gasteiger partial charge on any atom is -0.493 e. The Labute approximate surface area is 177 Å². The lowest BCUT2D eigenvalue weighted by atomic mass is 9.83. The van der Waals surface area contributed by atoms with E-state index in [1.165, 1.54) is 5.56 Å². The van der Waals surface area contributed by atoms with Gasteiger partial charge in [-0.25, -0.2) is 0 Å². The normalized spacial score (nSPS) is 20.8. The molecule has 0 aromatic heterocycles. The van der Waals surface area contributed by atoms with Gasteiger partial charge < -0.3 is 20.3 Å². The molecule has 0 saturated carbocycles. The van der Waals surface area contributed by atoms with Crippen molar-refractivity contribution in [3.8, 4) is 5.75 Å². The van der Waals surface area contributed by atoms with Gasteiger partial charge in [-0.2, -0.15) is 0 Å². The molecule has 0 bridgehead atoms. The average molecular weight is 408 g/mol. The fourth-order valence-electron chi connectivity index (χ4n) is 4.36. The molecule has 0 radical (unpaired) electrons. The minimum atomic E-state index is -0.0254. The number of carbonyl (C=O) groups excluding carboxylic acids is 2. The molecule has 1 saturated heterocycles. The molecule has 0 unspecified atom stereocenters. The zero-order valence-corrected chi connectivity index (χ0v) is 17.6. The second-order valence-corrected chi connectivity index (χ2v) is 8.18. The van der Waals surface area contributed by atoms with Crippen LogP contribution in [0.1, 0.15) is 47.2 Å². The third-order valence-electron chi connectivity index (χ3n) is 6.30. The molecule has 158 valence electrons. The van der Waals surface area contributed by atoms with E-state index in [-0.39, 0.29) is 11.8 Å². The van der Waals surface area contributed by atoms with E-state index in [1.54, 1.807) is 18.9 Å². The van der Waals surface area contributed by atoms with Gasteiger partial charge in [0.1, 0.15) is 5.75 Å². The molecule has 4 rings (SSSR count). The van der Waals surface area contributed by atoms with Gasteiger partial charge in [0.25, 0.3) is 5.91 Å². The number of hydrogen-bond acceptors (Lipinski definition) is 4. The van der Waals surface area contributed by atoms with E-state index >= 15 is 0 Å². The number of rotatable bonds is 5. The van der Waals surface area contributed by atoms with Crippen LogP contribution in [-0.4, -0.2) is 38.6 Å². The largest absolute Gasteiger partial charge is 0.493 e. The number of fused-ring (bicyclic) bond motifs is 1. The maximum atomic E-state index is 11.9. The van der Waals surface area contributed by atoms with E-state index in [4.69, 9.17) is 4.74 Å². The quantitative estimate of drug-likeness (QED) is 0.799. The SMILES string of the molecule is CC(=O)N(C)c1ccc([C@@H]2CCNCC[C@H]2COc2ccc3c(c2)C(=O)NC3)cc1. The Kier molecular flexibility index (Phi) is 6.04. The Balaban J connectivity index is 1.47. The molecule has 0 spiro atoms. The van der Waals surface area contributed by atoms with Gasteiger partial charge in [-0.3, -0.25) is 9.59 Å². The summed E-state index contributed by atoms with van der Waals surface area (Å²) in [7, 11) is 1.79. The van der Waals surface area contributed by atoms with Gasteiger partial charge >= 0.3 is 0 Å². The highest BCUT2D eigenvalue weighted by Crippen LogP contribution is 2.33. The van der Waals surface area contributed by atoms with Crippen LogP contribution in [0.4, 0.5) is 5.69 Å². The minimum absolute atomic E-state index is 0.0238. The first kappa shape index (κ1) is 20.4. The highest BCUT2D eigenvalue weighted by molar-refractivity contribution is 5.98. The van der Waals surface area contributed by atoms with E-state index in [0.29, 0.717) is 25.0 Å². The summed E-state index contributed by atoms with van der Waals surface area (Å²) in [6.07, 6.45) is 2.08. The molecule has 2 aliphatic heterocycles. The van der Waals surface area contributed by atoms with Crippen LogP contribution in [0.2, 0.25) is 0 Å². The number of carbonyl (C=O) groups is 2. The second kappa shape index (κ2) is 8.88. The van der Waals surface area contributed by atoms with E-state index in [2.05, 4.69) is 22.8 Å². The molecule has 2 atom stereocenters. The Morgan fingerprint density at radius 1 is 1.13 bits per heavy atom. The lowest BCUT2D eigenvalue weighted by Gasteiger charge is -2.26. The fraction of sp³-hybridized carbons (Fsp3) is 0.417. The Morgan fingerprint density at radius 2 is 1.90 bits per heavy atom. The van der Waals surface area contributed by atoms with Gasteiger partial charge in [-0.1, -0.05) is 18.2 Å². The highest BCUT2D eigenvalue weighted by atomic mass is 16.5. The van der Waals surface area contributed by atoms with Crippen LogP contribution < -0.4 is 20.3 Å². The first-order chi connectivity index (χ1) is 14.5. The predicted molar refractivity (Wildman–Crippen MR) is 117 cm³/mol. The maximum absolute atomic E-state index is 11.9. The lowest BCUT2D eigenvalue weighted by Crippen LogP contribution is -2.23. The lowest BCUT2D eigenvalue weighted by molar-refractivity contribution is -0.116. The van der Waals surface area contributed by atoms with Crippen molar-refractivity contribution < 1.29 is 14.3 Å². The summed E-state index contributed by atoms with van der Waals surface area (Å²) in [6, 6.07) is 14.1. The molecule has 6 heteroatoms. The topological polar surface area (TPSA) is 70.7 Å². The van der Waals surface area contributed by atoms with Crippen LogP contribution in [0.25, 0.3) is 0 Å². The first-order valence-electron chi connectivity index (χ1n) is 10.6. The summed E-state index contributed by atoms with van der Waals surface area (Å²) < 4.78 is 6.16. The summed E-state index contributed by atoms with van der Waals surface area (Å²) in [6.45, 7) is 4.74. The van der Waals surface area contributed by atoms with Crippen LogP contribution in [-0.2, 0) is 11.3 Å². The molecule has 2 amide bonds. The van der Waals surface area contributed by atoms with Gasteiger partial charge in [0, 0.05) is 37.7 Å². The van der Waals surface area contributed by atoms with Crippen molar-refractivity contribution in [3.63, 3.8) is 0 Å². The molecule has 2 heterocycles. The zero-order valence-electron chi connectivity index (χ0n) is 17.6. The second-order valence-electron chi connectivity index (χ2n) is 8.18. The van der Waals surface area contributed by atoms with Crippen LogP contribution in [0.3, 0.4) is 0 Å². The van der Waals surface area contributed by atoms with Crippen LogP contribution >= 0.6 is 0 Å². The number of amides is 2. The molecule has 30 heavy (non-hydrogen) atoms. The van der Waals surface area contributed by atoms with E-state index < -0.39 is 0 Å². The molecule has 6 nitrogen and oxygen atoms in total. The van der Waals surface area contributed by atoms with Gasteiger partial charge in [-0.05, 0) is 67.2 Å². The summed E-state index contributed by atoms with van der Waals surface area (Å²) in [5.41, 5.74) is 3.93. The Morgan fingerprint density at radius 3 is 2.67 bits per heavy atom. The molecule has 0 aliphatic carbocycles.